The van der Waals surface area contributed by atoms with Gasteiger partial charge in [0.25, 0.3) is 5.88 Å². The second kappa shape index (κ2) is 7.30. The summed E-state index contributed by atoms with van der Waals surface area (Å²) in [6, 6.07) is 1.96. The molecular weight excluding hydrogens is 320 g/mol. The van der Waals surface area contributed by atoms with Gasteiger partial charge in [0.1, 0.15) is 12.2 Å². The van der Waals surface area contributed by atoms with Gasteiger partial charge in [0.15, 0.2) is 0 Å². The Kier molecular flexibility index (Phi) is 4.93. The number of rotatable bonds is 5. The Balaban J connectivity index is 1.54. The summed E-state index contributed by atoms with van der Waals surface area (Å²) in [5, 5.41) is 16.1. The van der Waals surface area contributed by atoms with Gasteiger partial charge in [-0.15, -0.1) is 0 Å². The lowest BCUT2D eigenvalue weighted by atomic mass is 10.1. The summed E-state index contributed by atoms with van der Waals surface area (Å²) in [6.45, 7) is 5.06. The lowest BCUT2D eigenvalue weighted by molar-refractivity contribution is -0.130. The minimum absolute atomic E-state index is 0.103. The van der Waals surface area contributed by atoms with E-state index in [1.54, 1.807) is 4.90 Å². The minimum atomic E-state index is -0.162. The maximum Gasteiger partial charge on any atom is 0.251 e. The Morgan fingerprint density at radius 2 is 2.24 bits per heavy atom. The topological polar surface area (TPSA) is 108 Å². The van der Waals surface area contributed by atoms with Gasteiger partial charge in [-0.2, -0.15) is 10.4 Å². The normalized spacial score (nSPS) is 16.7. The van der Waals surface area contributed by atoms with Gasteiger partial charge in [0.2, 0.25) is 11.6 Å². The van der Waals surface area contributed by atoms with Gasteiger partial charge in [-0.3, -0.25) is 9.89 Å². The van der Waals surface area contributed by atoms with Crippen LogP contribution >= 0.6 is 0 Å². The molecule has 3 heterocycles. The van der Waals surface area contributed by atoms with Crippen LogP contribution < -0.4 is 4.74 Å². The number of aromatic amines is 1. The third-order valence-corrected chi connectivity index (χ3v) is 4.42. The maximum absolute atomic E-state index is 12.4. The summed E-state index contributed by atoms with van der Waals surface area (Å²) in [6.07, 6.45) is 4.63. The van der Waals surface area contributed by atoms with E-state index in [1.807, 2.05) is 19.9 Å². The molecule has 1 aliphatic rings. The third kappa shape index (κ3) is 3.76. The molecule has 1 amide bonds. The SMILES string of the molecule is Cc1n[nH]c(C)c1CCC(=O)N1CC[C@@H](Oc2nccnc2C#N)C1. The van der Waals surface area contributed by atoms with Crippen LogP contribution in [0.5, 0.6) is 5.88 Å². The van der Waals surface area contributed by atoms with Crippen LogP contribution in [0.4, 0.5) is 0 Å². The molecule has 1 saturated heterocycles. The number of likely N-dealkylation sites (tertiary alicyclic amines) is 1. The predicted octanol–water partition coefficient (Wildman–Crippen LogP) is 1.30. The summed E-state index contributed by atoms with van der Waals surface area (Å²) >= 11 is 0. The number of hydrogen-bond acceptors (Lipinski definition) is 6. The van der Waals surface area contributed by atoms with Crippen molar-refractivity contribution in [2.24, 2.45) is 0 Å². The van der Waals surface area contributed by atoms with E-state index in [-0.39, 0.29) is 23.6 Å². The fraction of sp³-hybridized carbons (Fsp3) is 0.471. The molecule has 0 spiro atoms. The van der Waals surface area contributed by atoms with E-state index in [2.05, 4.69) is 20.2 Å². The molecule has 25 heavy (non-hydrogen) atoms. The molecular formula is C17H20N6O2. The molecule has 1 N–H and O–H groups in total. The average Bonchev–Trinajstić information content (AvgIpc) is 3.21. The molecule has 2 aromatic heterocycles. The zero-order valence-corrected chi connectivity index (χ0v) is 14.3. The first-order chi connectivity index (χ1) is 12.1. The van der Waals surface area contributed by atoms with Crippen molar-refractivity contribution in [1.29, 1.82) is 5.26 Å². The Hall–Kier alpha value is -2.95. The van der Waals surface area contributed by atoms with E-state index < -0.39 is 0 Å². The molecule has 3 rings (SSSR count). The van der Waals surface area contributed by atoms with Crippen molar-refractivity contribution in [3.63, 3.8) is 0 Å². The highest BCUT2D eigenvalue weighted by Gasteiger charge is 2.28. The zero-order valence-electron chi connectivity index (χ0n) is 14.3. The van der Waals surface area contributed by atoms with Crippen molar-refractivity contribution >= 4 is 5.91 Å². The Bertz CT molecular complexity index is 790. The molecule has 8 heteroatoms. The molecule has 8 nitrogen and oxygen atoms in total. The lowest BCUT2D eigenvalue weighted by Gasteiger charge is -2.17. The number of aryl methyl sites for hydroxylation is 2. The van der Waals surface area contributed by atoms with Crippen molar-refractivity contribution in [1.82, 2.24) is 25.1 Å². The molecule has 0 saturated carbocycles. The standard InChI is InChI=1S/C17H20N6O2/c1-11-14(12(2)22-21-11)3-4-16(24)23-8-5-13(10-23)25-17-15(9-18)19-6-7-20-17/h6-7,13H,3-5,8,10H2,1-2H3,(H,21,22)/t13-/m1/s1. The summed E-state index contributed by atoms with van der Waals surface area (Å²) in [5.41, 5.74) is 3.23. The number of aromatic nitrogens is 4. The number of nitrogens with zero attached hydrogens (tertiary/aromatic N) is 5. The largest absolute Gasteiger partial charge is 0.470 e. The number of carbonyl (C=O) groups excluding carboxylic acids is 1. The van der Waals surface area contributed by atoms with E-state index >= 15 is 0 Å². The predicted molar refractivity (Wildman–Crippen MR) is 88.7 cm³/mol. The Morgan fingerprint density at radius 3 is 2.96 bits per heavy atom. The van der Waals surface area contributed by atoms with E-state index in [0.717, 1.165) is 23.4 Å². The van der Waals surface area contributed by atoms with E-state index in [0.29, 0.717) is 25.9 Å². The number of hydrogen-bond donors (Lipinski definition) is 1. The molecule has 0 bridgehead atoms. The van der Waals surface area contributed by atoms with Crippen LogP contribution in [-0.2, 0) is 11.2 Å². The summed E-state index contributed by atoms with van der Waals surface area (Å²) in [7, 11) is 0. The maximum atomic E-state index is 12.4. The molecule has 0 aromatic carbocycles. The van der Waals surface area contributed by atoms with Gasteiger partial charge in [0.05, 0.1) is 12.2 Å². The monoisotopic (exact) mass is 340 g/mol. The second-order valence-electron chi connectivity index (χ2n) is 6.10. The van der Waals surface area contributed by atoms with Crippen LogP contribution in [0.15, 0.2) is 12.4 Å². The summed E-state index contributed by atoms with van der Waals surface area (Å²) in [5.74, 6) is 0.333. The summed E-state index contributed by atoms with van der Waals surface area (Å²) < 4.78 is 5.76. The fourth-order valence-corrected chi connectivity index (χ4v) is 3.03. The molecule has 130 valence electrons. The third-order valence-electron chi connectivity index (χ3n) is 4.42. The molecule has 1 atom stereocenters. The Morgan fingerprint density at radius 1 is 1.44 bits per heavy atom. The lowest BCUT2D eigenvalue weighted by Crippen LogP contribution is -2.31. The van der Waals surface area contributed by atoms with Crippen LogP contribution in [0, 0.1) is 25.2 Å². The van der Waals surface area contributed by atoms with Gasteiger partial charge in [-0.25, -0.2) is 9.97 Å². The van der Waals surface area contributed by atoms with Gasteiger partial charge in [-0.1, -0.05) is 0 Å². The molecule has 0 aliphatic carbocycles. The molecule has 0 radical (unpaired) electrons. The molecule has 1 fully saturated rings. The van der Waals surface area contributed by atoms with Crippen LogP contribution in [0.3, 0.4) is 0 Å². The number of nitriles is 1. The first kappa shape index (κ1) is 16.9. The van der Waals surface area contributed by atoms with Gasteiger partial charge < -0.3 is 9.64 Å². The average molecular weight is 340 g/mol. The van der Waals surface area contributed by atoms with E-state index in [1.165, 1.54) is 12.4 Å². The van der Waals surface area contributed by atoms with Crippen molar-refractivity contribution in [3.05, 3.63) is 35.0 Å². The molecule has 0 unspecified atom stereocenters. The first-order valence-electron chi connectivity index (χ1n) is 8.24. The number of ether oxygens (including phenoxy) is 1. The Labute approximate surface area is 145 Å². The summed E-state index contributed by atoms with van der Waals surface area (Å²) in [4.78, 5) is 22.2. The highest BCUT2D eigenvalue weighted by atomic mass is 16.5. The highest BCUT2D eigenvalue weighted by Crippen LogP contribution is 2.20. The van der Waals surface area contributed by atoms with E-state index in [4.69, 9.17) is 10.00 Å². The van der Waals surface area contributed by atoms with Gasteiger partial charge >= 0.3 is 0 Å². The van der Waals surface area contributed by atoms with Crippen molar-refractivity contribution in [2.45, 2.75) is 39.2 Å². The van der Waals surface area contributed by atoms with Gasteiger partial charge in [0, 0.05) is 37.5 Å². The first-order valence-corrected chi connectivity index (χ1v) is 8.24. The number of H-pyrrole nitrogens is 1. The zero-order chi connectivity index (χ0) is 17.8. The van der Waals surface area contributed by atoms with Crippen molar-refractivity contribution in [3.8, 4) is 11.9 Å². The van der Waals surface area contributed by atoms with Gasteiger partial charge in [-0.05, 0) is 25.8 Å². The second-order valence-corrected chi connectivity index (χ2v) is 6.10. The molecule has 1 aliphatic heterocycles. The smallest absolute Gasteiger partial charge is 0.251 e. The fourth-order valence-electron chi connectivity index (χ4n) is 3.03. The van der Waals surface area contributed by atoms with Crippen LogP contribution in [0.25, 0.3) is 0 Å². The van der Waals surface area contributed by atoms with Crippen LogP contribution in [0.2, 0.25) is 0 Å². The van der Waals surface area contributed by atoms with Crippen LogP contribution in [-0.4, -0.2) is 50.2 Å². The highest BCUT2D eigenvalue weighted by molar-refractivity contribution is 5.76. The molecule has 2 aromatic rings. The number of carbonyl (C=O) groups is 1. The van der Waals surface area contributed by atoms with E-state index in [9.17, 15) is 4.79 Å². The quantitative estimate of drug-likeness (QED) is 0.879. The number of amides is 1. The van der Waals surface area contributed by atoms with Crippen molar-refractivity contribution < 1.29 is 9.53 Å². The van der Waals surface area contributed by atoms with Crippen molar-refractivity contribution in [2.75, 3.05) is 13.1 Å². The number of nitrogens with one attached hydrogen (secondary N) is 1. The minimum Gasteiger partial charge on any atom is -0.470 e. The van der Waals surface area contributed by atoms with Crippen LogP contribution in [0.1, 0.15) is 35.5 Å².